The van der Waals surface area contributed by atoms with E-state index in [-0.39, 0.29) is 0 Å². The maximum absolute atomic E-state index is 4.18. The normalized spacial score (nSPS) is 14.9. The van der Waals surface area contributed by atoms with Gasteiger partial charge in [0.25, 0.3) is 0 Å². The summed E-state index contributed by atoms with van der Waals surface area (Å²) >= 11 is 0. The fraction of sp³-hybridized carbons (Fsp3) is 0.333. The second-order valence-corrected chi connectivity index (χ2v) is 4.16. The molecular formula is C12H14N4. The number of hydrogen-bond acceptors (Lipinski definition) is 3. The lowest BCUT2D eigenvalue weighted by Gasteiger charge is -2.30. The van der Waals surface area contributed by atoms with Gasteiger partial charge in [0.05, 0.1) is 18.6 Å². The molecule has 82 valence electrons. The second-order valence-electron chi connectivity index (χ2n) is 4.16. The quantitative estimate of drug-likeness (QED) is 0.723. The van der Waals surface area contributed by atoms with Crippen molar-refractivity contribution in [3.63, 3.8) is 0 Å². The molecule has 0 fully saturated rings. The number of aryl methyl sites for hydroxylation is 1. The van der Waals surface area contributed by atoms with E-state index in [4.69, 9.17) is 0 Å². The molecule has 3 rings (SSSR count). The zero-order valence-corrected chi connectivity index (χ0v) is 9.30. The highest BCUT2D eigenvalue weighted by Crippen LogP contribution is 2.23. The monoisotopic (exact) mass is 214 g/mol. The molecule has 0 N–H and O–H groups in total. The first-order valence-electron chi connectivity index (χ1n) is 5.49. The van der Waals surface area contributed by atoms with Gasteiger partial charge in [-0.15, -0.1) is 0 Å². The third-order valence-electron chi connectivity index (χ3n) is 3.09. The Kier molecular flexibility index (Phi) is 2.13. The molecule has 0 saturated heterocycles. The van der Waals surface area contributed by atoms with Gasteiger partial charge >= 0.3 is 0 Å². The van der Waals surface area contributed by atoms with E-state index in [1.165, 1.54) is 16.9 Å². The number of aromatic nitrogens is 3. The molecule has 3 heterocycles. The number of rotatable bonds is 1. The fourth-order valence-electron chi connectivity index (χ4n) is 2.21. The third kappa shape index (κ3) is 1.46. The van der Waals surface area contributed by atoms with Crippen LogP contribution in [0.1, 0.15) is 11.3 Å². The summed E-state index contributed by atoms with van der Waals surface area (Å²) in [6.07, 6.45) is 7.63. The number of nitrogens with zero attached hydrogens (tertiary/aromatic N) is 4. The van der Waals surface area contributed by atoms with Crippen molar-refractivity contribution < 1.29 is 0 Å². The molecule has 0 aliphatic carbocycles. The van der Waals surface area contributed by atoms with E-state index in [9.17, 15) is 0 Å². The SMILES string of the molecule is Cc1cnccc1N1CCn2cncc2C1. The van der Waals surface area contributed by atoms with Crippen LogP contribution in [0.2, 0.25) is 0 Å². The Labute approximate surface area is 94.6 Å². The molecule has 2 aromatic rings. The molecule has 4 nitrogen and oxygen atoms in total. The van der Waals surface area contributed by atoms with Gasteiger partial charge in [0, 0.05) is 37.4 Å². The van der Waals surface area contributed by atoms with Crippen LogP contribution in [0, 0.1) is 6.92 Å². The summed E-state index contributed by atoms with van der Waals surface area (Å²) in [6, 6.07) is 2.08. The lowest BCUT2D eigenvalue weighted by atomic mass is 10.2. The highest BCUT2D eigenvalue weighted by Gasteiger charge is 2.17. The predicted molar refractivity (Wildman–Crippen MR) is 62.3 cm³/mol. The van der Waals surface area contributed by atoms with Crippen molar-refractivity contribution in [3.05, 3.63) is 42.2 Å². The standard InChI is InChI=1S/C12H14N4/c1-10-6-13-3-2-12(10)15-4-5-16-9-14-7-11(16)8-15/h2-3,6-7,9H,4-5,8H2,1H3. The van der Waals surface area contributed by atoms with Gasteiger partial charge in [0.15, 0.2) is 0 Å². The summed E-state index contributed by atoms with van der Waals surface area (Å²) in [5.41, 5.74) is 3.79. The molecule has 0 atom stereocenters. The van der Waals surface area contributed by atoms with Gasteiger partial charge in [0.1, 0.15) is 0 Å². The topological polar surface area (TPSA) is 34.0 Å². The zero-order valence-electron chi connectivity index (χ0n) is 9.30. The van der Waals surface area contributed by atoms with Gasteiger partial charge in [-0.1, -0.05) is 0 Å². The predicted octanol–water partition coefficient (Wildman–Crippen LogP) is 1.61. The van der Waals surface area contributed by atoms with Crippen LogP contribution >= 0.6 is 0 Å². The van der Waals surface area contributed by atoms with E-state index < -0.39 is 0 Å². The summed E-state index contributed by atoms with van der Waals surface area (Å²) in [5, 5.41) is 0. The molecule has 0 aromatic carbocycles. The van der Waals surface area contributed by atoms with Crippen molar-refractivity contribution >= 4 is 5.69 Å². The minimum Gasteiger partial charge on any atom is -0.364 e. The Morgan fingerprint density at radius 1 is 1.19 bits per heavy atom. The highest BCUT2D eigenvalue weighted by molar-refractivity contribution is 5.52. The van der Waals surface area contributed by atoms with Gasteiger partial charge in [-0.3, -0.25) is 4.98 Å². The summed E-state index contributed by atoms with van der Waals surface area (Å²) in [5.74, 6) is 0. The van der Waals surface area contributed by atoms with Crippen LogP contribution in [0.25, 0.3) is 0 Å². The van der Waals surface area contributed by atoms with E-state index in [1.807, 2.05) is 24.9 Å². The number of hydrogen-bond donors (Lipinski definition) is 0. The van der Waals surface area contributed by atoms with Crippen LogP contribution in [0.3, 0.4) is 0 Å². The summed E-state index contributed by atoms with van der Waals surface area (Å²) in [7, 11) is 0. The zero-order chi connectivity index (χ0) is 11.0. The highest BCUT2D eigenvalue weighted by atomic mass is 15.2. The summed E-state index contributed by atoms with van der Waals surface area (Å²) < 4.78 is 2.22. The number of pyridine rings is 1. The van der Waals surface area contributed by atoms with Crippen molar-refractivity contribution in [2.45, 2.75) is 20.0 Å². The molecule has 0 saturated carbocycles. The summed E-state index contributed by atoms with van der Waals surface area (Å²) in [6.45, 7) is 5.09. The van der Waals surface area contributed by atoms with Crippen molar-refractivity contribution in [2.24, 2.45) is 0 Å². The number of imidazole rings is 1. The third-order valence-corrected chi connectivity index (χ3v) is 3.09. The largest absolute Gasteiger partial charge is 0.364 e. The Balaban J connectivity index is 1.92. The van der Waals surface area contributed by atoms with E-state index >= 15 is 0 Å². The van der Waals surface area contributed by atoms with Crippen LogP contribution in [0.15, 0.2) is 31.0 Å². The van der Waals surface area contributed by atoms with Crippen LogP contribution in [-0.4, -0.2) is 21.1 Å². The molecule has 0 spiro atoms. The van der Waals surface area contributed by atoms with Crippen molar-refractivity contribution in [3.8, 4) is 0 Å². The minimum absolute atomic E-state index is 0.935. The first-order valence-corrected chi connectivity index (χ1v) is 5.49. The first-order chi connectivity index (χ1) is 7.84. The van der Waals surface area contributed by atoms with E-state index in [0.29, 0.717) is 0 Å². The van der Waals surface area contributed by atoms with E-state index in [0.717, 1.165) is 19.6 Å². The van der Waals surface area contributed by atoms with Gasteiger partial charge in [-0.25, -0.2) is 4.98 Å². The average Bonchev–Trinajstić information content (AvgIpc) is 2.76. The average molecular weight is 214 g/mol. The summed E-state index contributed by atoms with van der Waals surface area (Å²) in [4.78, 5) is 10.7. The molecular weight excluding hydrogens is 200 g/mol. The van der Waals surface area contributed by atoms with Crippen molar-refractivity contribution in [1.82, 2.24) is 14.5 Å². The molecule has 2 aromatic heterocycles. The van der Waals surface area contributed by atoms with Crippen LogP contribution in [0.5, 0.6) is 0 Å². The second kappa shape index (κ2) is 3.63. The molecule has 0 radical (unpaired) electrons. The molecule has 1 aliphatic heterocycles. The molecule has 1 aliphatic rings. The van der Waals surface area contributed by atoms with Crippen LogP contribution in [0.4, 0.5) is 5.69 Å². The molecule has 16 heavy (non-hydrogen) atoms. The number of fused-ring (bicyclic) bond motifs is 1. The van der Waals surface area contributed by atoms with E-state index in [1.54, 1.807) is 0 Å². The smallest absolute Gasteiger partial charge is 0.0949 e. The van der Waals surface area contributed by atoms with Crippen molar-refractivity contribution in [1.29, 1.82) is 0 Å². The first kappa shape index (κ1) is 9.39. The fourth-order valence-corrected chi connectivity index (χ4v) is 2.21. The molecule has 4 heteroatoms. The Morgan fingerprint density at radius 2 is 2.12 bits per heavy atom. The van der Waals surface area contributed by atoms with Gasteiger partial charge in [-0.05, 0) is 18.6 Å². The van der Waals surface area contributed by atoms with Gasteiger partial charge < -0.3 is 9.47 Å². The Hall–Kier alpha value is -1.84. The van der Waals surface area contributed by atoms with Crippen LogP contribution in [-0.2, 0) is 13.1 Å². The molecule has 0 bridgehead atoms. The Morgan fingerprint density at radius 3 is 3.00 bits per heavy atom. The number of anilines is 1. The van der Waals surface area contributed by atoms with E-state index in [2.05, 4.69) is 32.4 Å². The van der Waals surface area contributed by atoms with Crippen LogP contribution < -0.4 is 4.90 Å². The molecule has 0 amide bonds. The maximum Gasteiger partial charge on any atom is 0.0949 e. The van der Waals surface area contributed by atoms with Gasteiger partial charge in [0.2, 0.25) is 0 Å². The van der Waals surface area contributed by atoms with Gasteiger partial charge in [-0.2, -0.15) is 0 Å². The lowest BCUT2D eigenvalue weighted by molar-refractivity contribution is 0.570. The Bertz CT molecular complexity index is 503. The minimum atomic E-state index is 0.935. The lowest BCUT2D eigenvalue weighted by Crippen LogP contribution is -2.33. The maximum atomic E-state index is 4.18. The van der Waals surface area contributed by atoms with Crippen molar-refractivity contribution in [2.75, 3.05) is 11.4 Å². The molecule has 0 unspecified atom stereocenters.